The van der Waals surface area contributed by atoms with Gasteiger partial charge in [0, 0.05) is 16.4 Å². The number of benzene rings is 2. The molecule has 2 N–H and O–H groups in total. The molecule has 1 aliphatic carbocycles. The molecule has 0 spiro atoms. The van der Waals surface area contributed by atoms with Crippen molar-refractivity contribution in [1.29, 1.82) is 0 Å². The molecule has 0 aromatic heterocycles. The van der Waals surface area contributed by atoms with E-state index < -0.39 is 0 Å². The zero-order valence-corrected chi connectivity index (χ0v) is 11.3. The zero-order chi connectivity index (χ0) is 11.9. The average molecular weight is 290 g/mol. The Balaban J connectivity index is 2.23. The van der Waals surface area contributed by atoms with E-state index in [0.717, 1.165) is 11.0 Å². The summed E-state index contributed by atoms with van der Waals surface area (Å²) in [6.45, 7) is 0.766. The number of halogens is 1. The average Bonchev–Trinajstić information content (AvgIpc) is 2.28. The van der Waals surface area contributed by atoms with Crippen LogP contribution in [0.15, 0.2) is 40.9 Å². The van der Waals surface area contributed by atoms with Crippen LogP contribution >= 0.6 is 15.9 Å². The van der Waals surface area contributed by atoms with Crippen molar-refractivity contribution in [2.75, 3.05) is 6.54 Å². The van der Waals surface area contributed by atoms with Crippen molar-refractivity contribution in [3.63, 3.8) is 0 Å². The molecule has 0 bridgehead atoms. The maximum Gasteiger partial charge on any atom is 0.0181 e. The smallest absolute Gasteiger partial charge is 0.0181 e. The van der Waals surface area contributed by atoms with E-state index >= 15 is 0 Å². The van der Waals surface area contributed by atoms with Crippen molar-refractivity contribution in [1.82, 2.24) is 0 Å². The zero-order valence-electron chi connectivity index (χ0n) is 9.75. The van der Waals surface area contributed by atoms with E-state index in [9.17, 15) is 0 Å². The maximum absolute atomic E-state index is 6.01. The van der Waals surface area contributed by atoms with Crippen LogP contribution in [0.5, 0.6) is 0 Å². The van der Waals surface area contributed by atoms with Gasteiger partial charge in [0.1, 0.15) is 0 Å². The summed E-state index contributed by atoms with van der Waals surface area (Å²) >= 11 is 3.53. The number of hydrogen-bond donors (Lipinski definition) is 1. The fourth-order valence-corrected chi connectivity index (χ4v) is 3.28. The van der Waals surface area contributed by atoms with Gasteiger partial charge < -0.3 is 5.73 Å². The van der Waals surface area contributed by atoms with Crippen LogP contribution in [0.1, 0.15) is 24.8 Å². The second kappa shape index (κ2) is 4.11. The molecule has 1 aliphatic rings. The molecule has 2 aromatic carbocycles. The van der Waals surface area contributed by atoms with Gasteiger partial charge in [-0.05, 0) is 41.3 Å². The minimum absolute atomic E-state index is 0.243. The van der Waals surface area contributed by atoms with E-state index in [1.165, 1.54) is 35.6 Å². The topological polar surface area (TPSA) is 26.0 Å². The molecule has 2 heteroatoms. The third-order valence-electron chi connectivity index (χ3n) is 4.12. The van der Waals surface area contributed by atoms with Crippen LogP contribution in [-0.4, -0.2) is 6.54 Å². The lowest BCUT2D eigenvalue weighted by Crippen LogP contribution is -2.41. The molecule has 2 aromatic rings. The molecule has 0 radical (unpaired) electrons. The third kappa shape index (κ3) is 1.71. The molecule has 0 amide bonds. The minimum Gasteiger partial charge on any atom is -0.330 e. The molecule has 1 nitrogen and oxygen atoms in total. The minimum atomic E-state index is 0.243. The van der Waals surface area contributed by atoms with E-state index in [4.69, 9.17) is 5.73 Å². The lowest BCUT2D eigenvalue weighted by atomic mass is 9.63. The Morgan fingerprint density at radius 2 is 2.00 bits per heavy atom. The molecule has 17 heavy (non-hydrogen) atoms. The van der Waals surface area contributed by atoms with Gasteiger partial charge in [-0.2, -0.15) is 0 Å². The molecular formula is C15H16BrN. The Morgan fingerprint density at radius 1 is 1.18 bits per heavy atom. The fourth-order valence-electron chi connectivity index (χ4n) is 2.90. The van der Waals surface area contributed by atoms with Crippen molar-refractivity contribution < 1.29 is 0 Å². The third-order valence-corrected chi connectivity index (χ3v) is 4.61. The molecule has 0 saturated heterocycles. The van der Waals surface area contributed by atoms with Crippen LogP contribution in [0.25, 0.3) is 10.8 Å². The van der Waals surface area contributed by atoms with E-state index in [1.807, 2.05) is 0 Å². The quantitative estimate of drug-likeness (QED) is 0.889. The monoisotopic (exact) mass is 289 g/mol. The van der Waals surface area contributed by atoms with Gasteiger partial charge in [-0.3, -0.25) is 0 Å². The van der Waals surface area contributed by atoms with Crippen molar-refractivity contribution in [3.05, 3.63) is 46.4 Å². The van der Waals surface area contributed by atoms with Gasteiger partial charge >= 0.3 is 0 Å². The van der Waals surface area contributed by atoms with Crippen LogP contribution < -0.4 is 5.73 Å². The van der Waals surface area contributed by atoms with Crippen molar-refractivity contribution in [2.24, 2.45) is 5.73 Å². The summed E-state index contributed by atoms with van der Waals surface area (Å²) in [5.74, 6) is 0. The Hall–Kier alpha value is -0.860. The molecule has 3 rings (SSSR count). The van der Waals surface area contributed by atoms with Crippen LogP contribution in [-0.2, 0) is 5.41 Å². The highest BCUT2D eigenvalue weighted by atomic mass is 79.9. The summed E-state index contributed by atoms with van der Waals surface area (Å²) in [5.41, 5.74) is 7.70. The number of nitrogens with two attached hydrogens (primary N) is 1. The first kappa shape index (κ1) is 11.2. The van der Waals surface area contributed by atoms with Crippen molar-refractivity contribution >= 4 is 26.7 Å². The van der Waals surface area contributed by atoms with Gasteiger partial charge in [0.25, 0.3) is 0 Å². The van der Waals surface area contributed by atoms with Gasteiger partial charge in [-0.15, -0.1) is 0 Å². The van der Waals surface area contributed by atoms with Crippen LogP contribution in [0.4, 0.5) is 0 Å². The standard InChI is InChI=1S/C15H16BrN/c16-12-5-6-13-11(9-12)3-1-4-14(13)15(10-17)7-2-8-15/h1,3-6,9H,2,7-8,10,17H2. The van der Waals surface area contributed by atoms with E-state index in [2.05, 4.69) is 52.3 Å². The highest BCUT2D eigenvalue weighted by Gasteiger charge is 2.38. The molecule has 0 unspecified atom stereocenters. The molecule has 1 fully saturated rings. The molecule has 0 heterocycles. The summed E-state index contributed by atoms with van der Waals surface area (Å²) in [7, 11) is 0. The second-order valence-corrected chi connectivity index (χ2v) is 5.92. The Labute approximate surface area is 110 Å². The summed E-state index contributed by atoms with van der Waals surface area (Å²) in [6.07, 6.45) is 3.78. The summed E-state index contributed by atoms with van der Waals surface area (Å²) in [6, 6.07) is 13.1. The predicted octanol–water partition coefficient (Wildman–Crippen LogP) is 3.98. The van der Waals surface area contributed by atoms with Gasteiger partial charge in [-0.1, -0.05) is 46.6 Å². The first-order chi connectivity index (χ1) is 8.25. The van der Waals surface area contributed by atoms with Crippen LogP contribution in [0, 0.1) is 0 Å². The Morgan fingerprint density at radius 3 is 2.65 bits per heavy atom. The first-order valence-corrected chi connectivity index (χ1v) is 6.93. The maximum atomic E-state index is 6.01. The highest BCUT2D eigenvalue weighted by molar-refractivity contribution is 9.10. The number of fused-ring (bicyclic) bond motifs is 1. The van der Waals surface area contributed by atoms with Gasteiger partial charge in [-0.25, -0.2) is 0 Å². The number of hydrogen-bond acceptors (Lipinski definition) is 1. The van der Waals surface area contributed by atoms with Crippen LogP contribution in [0.2, 0.25) is 0 Å². The molecular weight excluding hydrogens is 274 g/mol. The van der Waals surface area contributed by atoms with Crippen molar-refractivity contribution in [3.8, 4) is 0 Å². The lowest BCUT2D eigenvalue weighted by molar-refractivity contribution is 0.255. The van der Waals surface area contributed by atoms with Crippen molar-refractivity contribution in [2.45, 2.75) is 24.7 Å². The second-order valence-electron chi connectivity index (χ2n) is 5.01. The highest BCUT2D eigenvalue weighted by Crippen LogP contribution is 2.45. The van der Waals surface area contributed by atoms with Gasteiger partial charge in [0.2, 0.25) is 0 Å². The van der Waals surface area contributed by atoms with Gasteiger partial charge in [0.05, 0.1) is 0 Å². The lowest BCUT2D eigenvalue weighted by Gasteiger charge is -2.42. The normalized spacial score (nSPS) is 18.0. The SMILES string of the molecule is NCC1(c2cccc3cc(Br)ccc23)CCC1. The van der Waals surface area contributed by atoms with Crippen LogP contribution in [0.3, 0.4) is 0 Å². The van der Waals surface area contributed by atoms with E-state index in [-0.39, 0.29) is 5.41 Å². The largest absolute Gasteiger partial charge is 0.330 e. The van der Waals surface area contributed by atoms with E-state index in [1.54, 1.807) is 0 Å². The molecule has 88 valence electrons. The molecule has 0 atom stereocenters. The molecule has 0 aliphatic heterocycles. The first-order valence-electron chi connectivity index (χ1n) is 6.14. The van der Waals surface area contributed by atoms with E-state index in [0.29, 0.717) is 0 Å². The fraction of sp³-hybridized carbons (Fsp3) is 0.333. The van der Waals surface area contributed by atoms with Gasteiger partial charge in [0.15, 0.2) is 0 Å². The Kier molecular flexibility index (Phi) is 2.72. The summed E-state index contributed by atoms with van der Waals surface area (Å²) in [4.78, 5) is 0. The summed E-state index contributed by atoms with van der Waals surface area (Å²) in [5, 5.41) is 2.66. The predicted molar refractivity (Wildman–Crippen MR) is 76.2 cm³/mol. The Bertz CT molecular complexity index is 552. The summed E-state index contributed by atoms with van der Waals surface area (Å²) < 4.78 is 1.14. The molecule has 1 saturated carbocycles. The number of rotatable bonds is 2.